The van der Waals surface area contributed by atoms with Gasteiger partial charge in [-0.25, -0.2) is 4.85 Å². The van der Waals surface area contributed by atoms with Crippen LogP contribution in [0.1, 0.15) is 76.7 Å². The van der Waals surface area contributed by atoms with E-state index in [2.05, 4.69) is 17.8 Å². The summed E-state index contributed by atoms with van der Waals surface area (Å²) in [5.41, 5.74) is 0.603. The maximum Gasteiger partial charge on any atom is 0.261 e. The summed E-state index contributed by atoms with van der Waals surface area (Å²) in [7, 11) is 0. The van der Waals surface area contributed by atoms with E-state index < -0.39 is 0 Å². The number of para-hydroxylation sites is 1. The van der Waals surface area contributed by atoms with Gasteiger partial charge in [0, 0.05) is 33.5 Å². The highest BCUT2D eigenvalue weighted by molar-refractivity contribution is 6.30. The first kappa shape index (κ1) is 25.5. The number of nitrogens with zero attached hydrogens (tertiary/aromatic N) is 3. The minimum atomic E-state index is -0.387. The van der Waals surface area contributed by atoms with Gasteiger partial charge in [-0.1, -0.05) is 82.9 Å². The zero-order valence-corrected chi connectivity index (χ0v) is 21.8. The van der Waals surface area contributed by atoms with Crippen molar-refractivity contribution in [3.05, 3.63) is 74.1 Å². The minimum Gasteiger partial charge on any atom is -0.467 e. The van der Waals surface area contributed by atoms with Crippen LogP contribution in [-0.4, -0.2) is 4.57 Å². The van der Waals surface area contributed by atoms with Crippen LogP contribution in [0.15, 0.2) is 50.4 Å². The lowest BCUT2D eigenvalue weighted by molar-refractivity contribution is 0.527. The fourth-order valence-corrected chi connectivity index (χ4v) is 5.70. The fraction of sp³-hybridized carbons (Fsp3) is 0.375. The van der Waals surface area contributed by atoms with E-state index >= 15 is 0 Å². The van der Waals surface area contributed by atoms with Crippen molar-refractivity contribution in [3.8, 4) is 6.07 Å². The Kier molecular flexibility index (Phi) is 7.43. The van der Waals surface area contributed by atoms with E-state index in [9.17, 15) is 14.9 Å². The molecule has 0 aliphatic rings. The number of rotatable bonds is 11. The molecule has 0 aliphatic heterocycles. The van der Waals surface area contributed by atoms with E-state index in [1.807, 2.05) is 18.2 Å². The van der Waals surface area contributed by atoms with Crippen molar-refractivity contribution < 1.29 is 4.42 Å². The summed E-state index contributed by atoms with van der Waals surface area (Å²) in [6, 6.07) is 12.7. The molecule has 0 spiro atoms. The predicted molar refractivity (Wildman–Crippen MR) is 153 cm³/mol. The molecular weight excluding hydrogens is 474 g/mol. The van der Waals surface area contributed by atoms with E-state index in [0.717, 1.165) is 19.3 Å². The average molecular weight is 506 g/mol. The van der Waals surface area contributed by atoms with Gasteiger partial charge in [-0.2, -0.15) is 5.26 Å². The van der Waals surface area contributed by atoms with Crippen LogP contribution in [0.25, 0.3) is 48.3 Å². The molecule has 5 aromatic rings. The zero-order valence-electron chi connectivity index (χ0n) is 21.8. The molecule has 0 bridgehead atoms. The van der Waals surface area contributed by atoms with E-state index in [-0.39, 0.29) is 16.8 Å². The zero-order chi connectivity index (χ0) is 26.6. The van der Waals surface area contributed by atoms with Crippen LogP contribution in [0.3, 0.4) is 0 Å². The van der Waals surface area contributed by atoms with Crippen LogP contribution < -0.4 is 11.1 Å². The maximum atomic E-state index is 13.6. The number of hydrogen-bond donors (Lipinski definition) is 0. The van der Waals surface area contributed by atoms with Gasteiger partial charge in [-0.3, -0.25) is 14.2 Å². The molecule has 0 fully saturated rings. The predicted octanol–water partition coefficient (Wildman–Crippen LogP) is 8.20. The molecule has 192 valence electrons. The third-order valence-electron chi connectivity index (χ3n) is 7.63. The molecule has 0 saturated heterocycles. The number of fused-ring (bicyclic) bond motifs is 2. The number of pyridine rings is 1. The second-order valence-corrected chi connectivity index (χ2v) is 10.1. The highest BCUT2D eigenvalue weighted by Gasteiger charge is 2.23. The summed E-state index contributed by atoms with van der Waals surface area (Å²) in [5, 5.41) is 13.0. The Morgan fingerprint density at radius 2 is 1.47 bits per heavy atom. The third kappa shape index (κ3) is 4.41. The summed E-state index contributed by atoms with van der Waals surface area (Å²) >= 11 is 0. The van der Waals surface area contributed by atoms with Crippen molar-refractivity contribution in [1.82, 2.24) is 4.57 Å². The Balaban J connectivity index is 1.53. The Morgan fingerprint density at radius 1 is 0.842 bits per heavy atom. The number of unbranched alkanes of at least 4 members (excludes halogenated alkanes) is 9. The standard InChI is InChI=1S/C32H31N3O3/c1-3-4-5-6-7-8-9-10-11-14-17-35-31(36)23-18-21(20-33)27-22-15-12-13-16-26(22)38-30-25(34-2)19-24(32(35)37)28(23)29(27)30/h12-13,15-16,18-19H,3-11,14,17H2,1H3. The monoisotopic (exact) mass is 505 g/mol. The first-order valence-corrected chi connectivity index (χ1v) is 13.7. The van der Waals surface area contributed by atoms with Crippen molar-refractivity contribution in [3.63, 3.8) is 0 Å². The highest BCUT2D eigenvalue weighted by atomic mass is 16.3. The highest BCUT2D eigenvalue weighted by Crippen LogP contribution is 2.42. The summed E-state index contributed by atoms with van der Waals surface area (Å²) < 4.78 is 7.41. The van der Waals surface area contributed by atoms with Gasteiger partial charge in [0.1, 0.15) is 11.2 Å². The molecule has 5 rings (SSSR count). The third-order valence-corrected chi connectivity index (χ3v) is 7.63. The topological polar surface area (TPSA) is 80.4 Å². The Labute approximate surface area is 221 Å². The number of benzene rings is 3. The van der Waals surface area contributed by atoms with Crippen molar-refractivity contribution >= 4 is 49.2 Å². The van der Waals surface area contributed by atoms with Crippen molar-refractivity contribution in [2.75, 3.05) is 0 Å². The van der Waals surface area contributed by atoms with Crippen molar-refractivity contribution in [1.29, 1.82) is 5.26 Å². The van der Waals surface area contributed by atoms with Gasteiger partial charge in [0.2, 0.25) is 5.69 Å². The van der Waals surface area contributed by atoms with Crippen LogP contribution in [0.2, 0.25) is 0 Å². The van der Waals surface area contributed by atoms with Gasteiger partial charge < -0.3 is 4.42 Å². The van der Waals surface area contributed by atoms with E-state index in [1.165, 1.54) is 55.6 Å². The molecule has 0 amide bonds. The Bertz CT molecular complexity index is 1800. The second-order valence-electron chi connectivity index (χ2n) is 10.1. The molecule has 6 nitrogen and oxygen atoms in total. The van der Waals surface area contributed by atoms with Crippen molar-refractivity contribution in [2.24, 2.45) is 0 Å². The first-order chi connectivity index (χ1) is 18.6. The van der Waals surface area contributed by atoms with E-state index in [4.69, 9.17) is 11.0 Å². The minimum absolute atomic E-state index is 0.200. The van der Waals surface area contributed by atoms with Gasteiger partial charge in [-0.15, -0.1) is 0 Å². The molecular formula is C32H31N3O3. The van der Waals surface area contributed by atoms with Crippen LogP contribution in [0.4, 0.5) is 5.69 Å². The second kappa shape index (κ2) is 11.1. The molecule has 38 heavy (non-hydrogen) atoms. The normalized spacial score (nSPS) is 11.6. The quantitative estimate of drug-likeness (QED) is 0.0784. The maximum absolute atomic E-state index is 13.6. The largest absolute Gasteiger partial charge is 0.467 e. The van der Waals surface area contributed by atoms with E-state index in [1.54, 1.807) is 12.1 Å². The van der Waals surface area contributed by atoms with Gasteiger partial charge in [0.15, 0.2) is 0 Å². The van der Waals surface area contributed by atoms with Gasteiger partial charge >= 0.3 is 0 Å². The molecule has 6 heteroatoms. The summed E-state index contributed by atoms with van der Waals surface area (Å²) in [4.78, 5) is 30.8. The number of aromatic nitrogens is 1. The Morgan fingerprint density at radius 3 is 2.13 bits per heavy atom. The summed E-state index contributed by atoms with van der Waals surface area (Å²) in [5.74, 6) is 0. The lowest BCUT2D eigenvalue weighted by Gasteiger charge is -2.16. The van der Waals surface area contributed by atoms with Crippen molar-refractivity contribution in [2.45, 2.75) is 77.7 Å². The van der Waals surface area contributed by atoms with Crippen LogP contribution >= 0.6 is 0 Å². The van der Waals surface area contributed by atoms with E-state index in [0.29, 0.717) is 55.6 Å². The first-order valence-electron chi connectivity index (χ1n) is 13.7. The molecule has 2 heterocycles. The lowest BCUT2D eigenvalue weighted by Crippen LogP contribution is -2.33. The van der Waals surface area contributed by atoms with Gasteiger partial charge in [-0.05, 0) is 24.6 Å². The average Bonchev–Trinajstić information content (AvgIpc) is 2.94. The molecule has 0 N–H and O–H groups in total. The van der Waals surface area contributed by atoms with Gasteiger partial charge in [0.25, 0.3) is 11.1 Å². The van der Waals surface area contributed by atoms with Crippen LogP contribution in [0.5, 0.6) is 0 Å². The summed E-state index contributed by atoms with van der Waals surface area (Å²) in [6.07, 6.45) is 11.6. The SMILES string of the molecule is [C-]#[N+]c1cc2c(=O)n(CCCCCCCCCCCC)c(=O)c3cc(C#N)c4c5ccccc5oc1c4c23. The molecule has 0 saturated carbocycles. The molecule has 0 radical (unpaired) electrons. The lowest BCUT2D eigenvalue weighted by atomic mass is 9.92. The summed E-state index contributed by atoms with van der Waals surface area (Å²) in [6.45, 7) is 10.3. The number of hydrogen-bond acceptors (Lipinski definition) is 4. The molecule has 3 aromatic carbocycles. The number of nitriles is 1. The van der Waals surface area contributed by atoms with Crippen LogP contribution in [0, 0.1) is 17.9 Å². The Hall–Kier alpha value is -4.16. The molecule has 2 aromatic heterocycles. The molecule has 0 atom stereocenters. The molecule has 0 aliphatic carbocycles. The van der Waals surface area contributed by atoms with Gasteiger partial charge in [0.05, 0.1) is 23.6 Å². The van der Waals surface area contributed by atoms with Crippen LogP contribution in [-0.2, 0) is 6.54 Å². The molecule has 0 unspecified atom stereocenters. The smallest absolute Gasteiger partial charge is 0.261 e. The fourth-order valence-electron chi connectivity index (χ4n) is 5.70.